The van der Waals surface area contributed by atoms with Crippen LogP contribution in [0.3, 0.4) is 0 Å². The molecule has 0 fully saturated rings. The summed E-state index contributed by atoms with van der Waals surface area (Å²) in [5.41, 5.74) is 7.14. The molecule has 0 atom stereocenters. The maximum absolute atomic E-state index is 4.61. The van der Waals surface area contributed by atoms with Gasteiger partial charge in [0.25, 0.3) is 0 Å². The molecular formula is C28H35ClN4PtSi2-3. The molecule has 8 heteroatoms. The Balaban J connectivity index is 0.00000148. The standard InChI is InChI=1S/C28H35N4Si2.ClH.Pt/c1-33(2,3)21-29-19-31(27-16-9-7-14-25(27)29)23-12-11-13-24(18-23)32-20-30(22-34(4,5)6)26-15-8-10-17-28(26)32;;/h7-17,19-20H,21-22H2,1-6H3;1H;/q-3;;+1/p-1. The van der Waals surface area contributed by atoms with Crippen LogP contribution in [-0.2, 0) is 18.8 Å². The van der Waals surface area contributed by atoms with Crippen molar-refractivity contribution in [3.05, 3.63) is 86.1 Å². The van der Waals surface area contributed by atoms with Crippen LogP contribution >= 0.6 is 9.42 Å². The third-order valence-electron chi connectivity index (χ3n) is 5.98. The van der Waals surface area contributed by atoms with Crippen molar-refractivity contribution >= 4 is 59.7 Å². The first-order valence-electron chi connectivity index (χ1n) is 12.2. The van der Waals surface area contributed by atoms with Gasteiger partial charge in [-0.15, -0.1) is 29.6 Å². The van der Waals surface area contributed by atoms with Crippen LogP contribution in [-0.4, -0.2) is 28.5 Å². The first kappa shape index (κ1) is 27.3. The molecule has 0 bridgehead atoms. The first-order chi connectivity index (χ1) is 17.1. The Morgan fingerprint density at radius 3 is 1.33 bits per heavy atom. The molecule has 4 nitrogen and oxygen atoms in total. The first-order valence-corrected chi connectivity index (χ1v) is 22.5. The predicted octanol–water partition coefficient (Wildman–Crippen LogP) is 8.08. The zero-order valence-corrected chi connectivity index (χ0v) is 26.9. The van der Waals surface area contributed by atoms with Gasteiger partial charge in [-0.1, -0.05) is 63.5 Å². The zero-order valence-electron chi connectivity index (χ0n) is 21.9. The van der Waals surface area contributed by atoms with Crippen molar-refractivity contribution < 1.29 is 18.8 Å². The van der Waals surface area contributed by atoms with E-state index in [1.165, 1.54) is 22.7 Å². The van der Waals surface area contributed by atoms with E-state index in [-0.39, 0.29) is 0 Å². The predicted molar refractivity (Wildman–Crippen MR) is 158 cm³/mol. The SMILES string of the molecule is C[Si](C)(C)CN1[CH-]N(c2[c-]c(N3[CH-]N(C[Si](C)(C)C)c4ccccc43)ccc2)c2ccccc21.[Cl][Pt]. The van der Waals surface area contributed by atoms with Crippen LogP contribution in [0.25, 0.3) is 0 Å². The Kier molecular flexibility index (Phi) is 8.30. The molecule has 3 aromatic rings. The molecule has 2 aliphatic heterocycles. The van der Waals surface area contributed by atoms with Gasteiger partial charge in [0.05, 0.1) is 16.1 Å². The molecule has 2 heterocycles. The summed E-state index contributed by atoms with van der Waals surface area (Å²) in [5.74, 6) is 0. The molecule has 0 N–H and O–H groups in total. The van der Waals surface area contributed by atoms with Crippen LogP contribution in [0.4, 0.5) is 34.1 Å². The van der Waals surface area contributed by atoms with E-state index in [0.717, 1.165) is 23.7 Å². The topological polar surface area (TPSA) is 13.0 Å². The Labute approximate surface area is 234 Å². The van der Waals surface area contributed by atoms with Gasteiger partial charge >= 0.3 is 28.2 Å². The number of anilines is 6. The van der Waals surface area contributed by atoms with Gasteiger partial charge < -0.3 is 19.6 Å². The minimum atomic E-state index is -1.28. The number of nitrogens with zero attached hydrogens (tertiary/aromatic N) is 4. The zero-order chi connectivity index (χ0) is 26.1. The molecule has 195 valence electrons. The van der Waals surface area contributed by atoms with Gasteiger partial charge in [-0.3, -0.25) is 0 Å². The monoisotopic (exact) mass is 713 g/mol. The van der Waals surface area contributed by atoms with Gasteiger partial charge in [-0.05, 0) is 36.6 Å². The number of fused-ring (bicyclic) bond motifs is 2. The molecular weight excluding hydrogens is 679 g/mol. The molecule has 36 heavy (non-hydrogen) atoms. The van der Waals surface area contributed by atoms with Crippen LogP contribution < -0.4 is 19.6 Å². The quantitative estimate of drug-likeness (QED) is 0.189. The van der Waals surface area contributed by atoms with E-state index in [9.17, 15) is 0 Å². The molecule has 0 amide bonds. The second-order valence-electron chi connectivity index (χ2n) is 11.7. The van der Waals surface area contributed by atoms with Gasteiger partial charge in [-0.2, -0.15) is 19.4 Å². The minimum absolute atomic E-state index is 1.07. The van der Waals surface area contributed by atoms with E-state index in [2.05, 4.69) is 154 Å². The number of rotatable bonds is 6. The average molecular weight is 714 g/mol. The molecule has 5 rings (SSSR count). The molecule has 3 aromatic carbocycles. The molecule has 0 spiro atoms. The van der Waals surface area contributed by atoms with E-state index in [1.54, 1.807) is 18.8 Å². The van der Waals surface area contributed by atoms with E-state index < -0.39 is 16.1 Å². The van der Waals surface area contributed by atoms with Crippen LogP contribution in [0.15, 0.2) is 66.7 Å². The molecule has 0 unspecified atom stereocenters. The number of hydrogen-bond acceptors (Lipinski definition) is 4. The Morgan fingerprint density at radius 2 is 0.972 bits per heavy atom. The van der Waals surface area contributed by atoms with E-state index in [0.29, 0.717) is 0 Å². The van der Waals surface area contributed by atoms with Crippen molar-refractivity contribution in [2.24, 2.45) is 0 Å². The molecule has 0 radical (unpaired) electrons. The van der Waals surface area contributed by atoms with Crippen molar-refractivity contribution in [3.8, 4) is 0 Å². The molecule has 2 aliphatic rings. The Bertz CT molecular complexity index is 1110. The molecule has 0 saturated carbocycles. The summed E-state index contributed by atoms with van der Waals surface area (Å²) >= 11 is 1.61. The number of benzene rings is 3. The summed E-state index contributed by atoms with van der Waals surface area (Å²) < 4.78 is 0. The summed E-state index contributed by atoms with van der Waals surface area (Å²) in [5, 5.41) is 0. The average Bonchev–Trinajstić information content (AvgIpc) is 3.37. The number of halogens is 1. The van der Waals surface area contributed by atoms with Gasteiger partial charge in [0.2, 0.25) is 0 Å². The summed E-state index contributed by atoms with van der Waals surface area (Å²) in [6.07, 6.45) is 2.19. The van der Waals surface area contributed by atoms with Crippen molar-refractivity contribution in [1.29, 1.82) is 0 Å². The van der Waals surface area contributed by atoms with Crippen molar-refractivity contribution in [2.45, 2.75) is 39.3 Å². The van der Waals surface area contributed by atoms with Crippen LogP contribution in [0.5, 0.6) is 0 Å². The van der Waals surface area contributed by atoms with Gasteiger partial charge in [-0.25, -0.2) is 0 Å². The van der Waals surface area contributed by atoms with Gasteiger partial charge in [0.15, 0.2) is 0 Å². The summed E-state index contributed by atoms with van der Waals surface area (Å²) in [4.78, 5) is 9.44. The molecule has 0 aliphatic carbocycles. The van der Waals surface area contributed by atoms with Crippen LogP contribution in [0, 0.1) is 19.4 Å². The fourth-order valence-electron chi connectivity index (χ4n) is 4.73. The third kappa shape index (κ3) is 6.04. The van der Waals surface area contributed by atoms with E-state index >= 15 is 0 Å². The molecule has 0 saturated heterocycles. The maximum atomic E-state index is 4.61. The summed E-state index contributed by atoms with van der Waals surface area (Å²) in [6.45, 7) is 19.1. The van der Waals surface area contributed by atoms with E-state index in [4.69, 9.17) is 0 Å². The number of para-hydroxylation sites is 4. The third-order valence-corrected chi connectivity index (χ3v) is 8.56. The Morgan fingerprint density at radius 1 is 0.611 bits per heavy atom. The second-order valence-corrected chi connectivity index (χ2v) is 22.6. The fourth-order valence-corrected chi connectivity index (χ4v) is 7.28. The van der Waals surface area contributed by atoms with Gasteiger partial charge in [0, 0.05) is 22.7 Å². The summed E-state index contributed by atoms with van der Waals surface area (Å²) in [7, 11) is 2.05. The number of hydrogen-bond donors (Lipinski definition) is 0. The summed E-state index contributed by atoms with van der Waals surface area (Å²) in [6, 6.07) is 27.6. The second kappa shape index (κ2) is 10.9. The Hall–Kier alpha value is -1.73. The normalized spacial score (nSPS) is 15.0. The van der Waals surface area contributed by atoms with Crippen molar-refractivity contribution in [3.63, 3.8) is 0 Å². The molecule has 0 aromatic heterocycles. The van der Waals surface area contributed by atoms with E-state index in [1.807, 2.05) is 0 Å². The van der Waals surface area contributed by atoms with Gasteiger partial charge in [0.1, 0.15) is 0 Å². The fraction of sp³-hybridized carbons (Fsp3) is 0.286. The van der Waals surface area contributed by atoms with Crippen LogP contribution in [0.2, 0.25) is 39.3 Å². The van der Waals surface area contributed by atoms with Crippen molar-refractivity contribution in [1.82, 2.24) is 0 Å². The van der Waals surface area contributed by atoms with Crippen LogP contribution in [0.1, 0.15) is 0 Å². The van der Waals surface area contributed by atoms with Crippen molar-refractivity contribution in [2.75, 3.05) is 31.9 Å².